The minimum atomic E-state index is 0.169. The number of benzene rings is 2. The summed E-state index contributed by atoms with van der Waals surface area (Å²) in [4.78, 5) is 0. The topological polar surface area (TPSA) is 9.23 Å². The van der Waals surface area contributed by atoms with E-state index in [2.05, 4.69) is 12.1 Å². The second-order valence-corrected chi connectivity index (χ2v) is 6.89. The number of halogens is 1. The van der Waals surface area contributed by atoms with Crippen LogP contribution in [0.15, 0.2) is 58.5 Å². The summed E-state index contributed by atoms with van der Waals surface area (Å²) in [6.45, 7) is 0. The molecule has 0 saturated heterocycles. The molecule has 2 aromatic rings. The van der Waals surface area contributed by atoms with E-state index in [1.807, 2.05) is 48.5 Å². The van der Waals surface area contributed by atoms with Crippen LogP contribution in [0.1, 0.15) is 5.56 Å². The molecule has 0 fully saturated rings. The summed E-state index contributed by atoms with van der Waals surface area (Å²) in [5.41, 5.74) is 1.10. The Hall–Kier alpha value is -1.21. The molecule has 0 radical (unpaired) electrons. The molecule has 0 aliphatic carbocycles. The molecule has 0 aliphatic heterocycles. The van der Waals surface area contributed by atoms with Crippen LogP contribution in [0.4, 0.5) is 0 Å². The Bertz CT molecular complexity index is 520. The number of ether oxygens (including phenoxy) is 1. The molecule has 0 saturated carbocycles. The first kappa shape index (κ1) is 13.2. The van der Waals surface area contributed by atoms with E-state index < -0.39 is 0 Å². The van der Waals surface area contributed by atoms with Gasteiger partial charge in [0.1, 0.15) is 0 Å². The van der Waals surface area contributed by atoms with Gasteiger partial charge in [-0.1, -0.05) is 0 Å². The zero-order valence-corrected chi connectivity index (χ0v) is 12.4. The van der Waals surface area contributed by atoms with E-state index in [1.54, 1.807) is 7.11 Å². The van der Waals surface area contributed by atoms with Crippen molar-refractivity contribution in [2.45, 2.75) is 0 Å². The SMILES string of the molecule is COc1ccc(/C=C(\Cl)[Se]c2ccccc2)cc1. The number of methoxy groups -OCH3 is 1. The van der Waals surface area contributed by atoms with Crippen LogP contribution in [-0.2, 0) is 0 Å². The van der Waals surface area contributed by atoms with E-state index in [0.717, 1.165) is 15.2 Å². The molecule has 0 aromatic heterocycles. The van der Waals surface area contributed by atoms with Gasteiger partial charge >= 0.3 is 119 Å². The van der Waals surface area contributed by atoms with Crippen LogP contribution < -0.4 is 9.20 Å². The van der Waals surface area contributed by atoms with E-state index in [0.29, 0.717) is 0 Å². The summed E-state index contributed by atoms with van der Waals surface area (Å²) in [7, 11) is 1.66. The predicted octanol–water partition coefficient (Wildman–Crippen LogP) is 3.26. The molecule has 0 aliphatic rings. The van der Waals surface area contributed by atoms with Crippen molar-refractivity contribution in [2.24, 2.45) is 0 Å². The summed E-state index contributed by atoms with van der Waals surface area (Å²) >= 11 is 6.45. The van der Waals surface area contributed by atoms with Crippen molar-refractivity contribution < 1.29 is 4.74 Å². The van der Waals surface area contributed by atoms with Crippen LogP contribution in [0.5, 0.6) is 5.75 Å². The molecule has 18 heavy (non-hydrogen) atoms. The fourth-order valence-electron chi connectivity index (χ4n) is 1.46. The zero-order valence-electron chi connectivity index (χ0n) is 9.97. The third-order valence-corrected chi connectivity index (χ3v) is 4.59. The quantitative estimate of drug-likeness (QED) is 0.785. The molecule has 0 spiro atoms. The predicted molar refractivity (Wildman–Crippen MR) is 78.7 cm³/mol. The summed E-state index contributed by atoms with van der Waals surface area (Å²) in [6, 6.07) is 18.2. The summed E-state index contributed by atoms with van der Waals surface area (Å²) in [5.74, 6) is 0.858. The van der Waals surface area contributed by atoms with Crippen LogP contribution in [0.25, 0.3) is 6.08 Å². The summed E-state index contributed by atoms with van der Waals surface area (Å²) < 4.78 is 7.29. The second kappa shape index (κ2) is 6.65. The molecular weight excluding hydrogens is 311 g/mol. The van der Waals surface area contributed by atoms with Gasteiger partial charge in [-0.05, 0) is 0 Å². The molecule has 0 heterocycles. The van der Waals surface area contributed by atoms with Gasteiger partial charge in [-0.15, -0.1) is 0 Å². The van der Waals surface area contributed by atoms with Gasteiger partial charge in [0.2, 0.25) is 0 Å². The van der Waals surface area contributed by atoms with Crippen LogP contribution in [-0.4, -0.2) is 22.1 Å². The Morgan fingerprint density at radius 2 is 1.72 bits per heavy atom. The maximum absolute atomic E-state index is 6.28. The van der Waals surface area contributed by atoms with Crippen LogP contribution >= 0.6 is 11.6 Å². The molecular formula is C15H13ClOSe. The first-order valence-electron chi connectivity index (χ1n) is 5.52. The fourth-order valence-corrected chi connectivity index (χ4v) is 3.55. The number of hydrogen-bond acceptors (Lipinski definition) is 1. The van der Waals surface area contributed by atoms with Crippen molar-refractivity contribution in [3.63, 3.8) is 0 Å². The summed E-state index contributed by atoms with van der Waals surface area (Å²) in [6.07, 6.45) is 2.01. The van der Waals surface area contributed by atoms with Crippen molar-refractivity contribution in [3.05, 3.63) is 64.1 Å². The van der Waals surface area contributed by atoms with Gasteiger partial charge in [0.25, 0.3) is 0 Å². The van der Waals surface area contributed by atoms with Gasteiger partial charge in [0.15, 0.2) is 0 Å². The minimum absolute atomic E-state index is 0.169. The average Bonchev–Trinajstić information content (AvgIpc) is 2.40. The molecule has 0 atom stereocenters. The van der Waals surface area contributed by atoms with E-state index in [1.165, 1.54) is 4.46 Å². The molecule has 2 rings (SSSR count). The molecule has 92 valence electrons. The first-order valence-corrected chi connectivity index (χ1v) is 7.61. The fraction of sp³-hybridized carbons (Fsp3) is 0.0667. The van der Waals surface area contributed by atoms with Crippen molar-refractivity contribution in [2.75, 3.05) is 7.11 Å². The Labute approximate surface area is 119 Å². The van der Waals surface area contributed by atoms with Crippen molar-refractivity contribution >= 4 is 37.1 Å². The molecule has 1 nitrogen and oxygen atoms in total. The molecule has 0 N–H and O–H groups in total. The van der Waals surface area contributed by atoms with Crippen molar-refractivity contribution in [3.8, 4) is 5.75 Å². The normalized spacial score (nSPS) is 11.3. The standard InChI is InChI=1S/C15H13ClOSe/c1-17-13-9-7-12(8-10-13)11-15(16)18-14-5-3-2-4-6-14/h2-11H,1H3/b15-11+. The Morgan fingerprint density at radius 1 is 1.06 bits per heavy atom. The Morgan fingerprint density at radius 3 is 2.33 bits per heavy atom. The molecule has 0 bridgehead atoms. The zero-order chi connectivity index (χ0) is 12.8. The molecule has 0 unspecified atom stereocenters. The monoisotopic (exact) mass is 324 g/mol. The van der Waals surface area contributed by atoms with E-state index in [4.69, 9.17) is 16.3 Å². The number of rotatable bonds is 4. The maximum atomic E-state index is 6.28. The molecule has 0 amide bonds. The Balaban J connectivity index is 2.07. The van der Waals surface area contributed by atoms with E-state index in [9.17, 15) is 0 Å². The van der Waals surface area contributed by atoms with Crippen LogP contribution in [0, 0.1) is 0 Å². The van der Waals surface area contributed by atoms with Crippen LogP contribution in [0.3, 0.4) is 0 Å². The Kier molecular flexibility index (Phi) is 4.89. The van der Waals surface area contributed by atoms with E-state index in [-0.39, 0.29) is 15.0 Å². The van der Waals surface area contributed by atoms with Gasteiger partial charge < -0.3 is 0 Å². The molecule has 2 aromatic carbocycles. The van der Waals surface area contributed by atoms with Crippen molar-refractivity contribution in [1.29, 1.82) is 0 Å². The molecule has 3 heteroatoms. The van der Waals surface area contributed by atoms with Gasteiger partial charge in [0, 0.05) is 0 Å². The average molecular weight is 324 g/mol. The second-order valence-electron chi connectivity index (χ2n) is 3.64. The number of hydrogen-bond donors (Lipinski definition) is 0. The third-order valence-electron chi connectivity index (χ3n) is 2.35. The van der Waals surface area contributed by atoms with Crippen LogP contribution in [0.2, 0.25) is 0 Å². The van der Waals surface area contributed by atoms with Crippen molar-refractivity contribution in [1.82, 2.24) is 0 Å². The van der Waals surface area contributed by atoms with Gasteiger partial charge in [-0.3, -0.25) is 0 Å². The summed E-state index contributed by atoms with van der Waals surface area (Å²) in [5, 5.41) is 0. The third kappa shape index (κ3) is 3.92. The first-order chi connectivity index (χ1) is 8.78. The van der Waals surface area contributed by atoms with Gasteiger partial charge in [0.05, 0.1) is 0 Å². The van der Waals surface area contributed by atoms with E-state index >= 15 is 0 Å². The van der Waals surface area contributed by atoms with Gasteiger partial charge in [-0.2, -0.15) is 0 Å². The van der Waals surface area contributed by atoms with Gasteiger partial charge in [-0.25, -0.2) is 0 Å².